The molecule has 1 heterocycles. The lowest BCUT2D eigenvalue weighted by Crippen LogP contribution is -2.28. The Morgan fingerprint density at radius 2 is 2.00 bits per heavy atom. The highest BCUT2D eigenvalue weighted by Crippen LogP contribution is 2.13. The van der Waals surface area contributed by atoms with Crippen LogP contribution in [0.4, 0.5) is 5.69 Å². The second-order valence-electron chi connectivity index (χ2n) is 4.76. The maximum absolute atomic E-state index is 11.9. The number of pyridine rings is 1. The van der Waals surface area contributed by atoms with Crippen molar-refractivity contribution < 1.29 is 14.8 Å². The van der Waals surface area contributed by atoms with Gasteiger partial charge < -0.3 is 10.4 Å². The molecule has 0 bridgehead atoms. The minimum atomic E-state index is -0.866. The number of nitrogens with zero attached hydrogens (tertiary/aromatic N) is 2. The number of aryl methyl sites for hydroxylation is 1. The van der Waals surface area contributed by atoms with Gasteiger partial charge in [0, 0.05) is 41.7 Å². The van der Waals surface area contributed by atoms with Crippen molar-refractivity contribution in [2.45, 2.75) is 13.0 Å². The molecule has 114 valence electrons. The van der Waals surface area contributed by atoms with E-state index in [2.05, 4.69) is 10.3 Å². The Bertz CT molecular complexity index is 668. The molecule has 0 unspecified atom stereocenters. The normalized spacial score (nSPS) is 11.7. The number of aromatic nitrogens is 1. The second kappa shape index (κ2) is 6.77. The molecular formula is C15H15N3O4. The van der Waals surface area contributed by atoms with Crippen molar-refractivity contribution in [3.63, 3.8) is 0 Å². The molecule has 0 aliphatic carbocycles. The van der Waals surface area contributed by atoms with E-state index in [9.17, 15) is 20.0 Å². The third-order valence-corrected chi connectivity index (χ3v) is 3.12. The number of nitrogens with one attached hydrogen (secondary N) is 1. The van der Waals surface area contributed by atoms with Crippen molar-refractivity contribution in [1.29, 1.82) is 0 Å². The number of hydrogen-bond acceptors (Lipinski definition) is 5. The summed E-state index contributed by atoms with van der Waals surface area (Å²) < 4.78 is 0. The molecule has 0 fully saturated rings. The first-order valence-electron chi connectivity index (χ1n) is 6.60. The van der Waals surface area contributed by atoms with Crippen LogP contribution in [-0.2, 0) is 0 Å². The maximum Gasteiger partial charge on any atom is 0.269 e. The molecule has 1 aromatic carbocycles. The van der Waals surface area contributed by atoms with Gasteiger partial charge >= 0.3 is 0 Å². The zero-order chi connectivity index (χ0) is 16.1. The highest BCUT2D eigenvalue weighted by Gasteiger charge is 2.12. The SMILES string of the molecule is Cc1ccc([C@H](O)CNC(=O)c2ccc([N+](=O)[O-])cc2)cn1. The number of hydrogen-bond donors (Lipinski definition) is 2. The van der Waals surface area contributed by atoms with Crippen LogP contribution in [0, 0.1) is 17.0 Å². The first-order valence-corrected chi connectivity index (χ1v) is 6.60. The number of rotatable bonds is 5. The summed E-state index contributed by atoms with van der Waals surface area (Å²) in [4.78, 5) is 26.0. The summed E-state index contributed by atoms with van der Waals surface area (Å²) in [5.41, 5.74) is 1.66. The summed E-state index contributed by atoms with van der Waals surface area (Å²) in [5.74, 6) is -0.408. The van der Waals surface area contributed by atoms with E-state index >= 15 is 0 Å². The Kier molecular flexibility index (Phi) is 4.80. The van der Waals surface area contributed by atoms with Crippen LogP contribution in [0.25, 0.3) is 0 Å². The summed E-state index contributed by atoms with van der Waals surface area (Å²) >= 11 is 0. The maximum atomic E-state index is 11.9. The molecule has 0 aliphatic rings. The lowest BCUT2D eigenvalue weighted by molar-refractivity contribution is -0.384. The van der Waals surface area contributed by atoms with Crippen molar-refractivity contribution in [3.05, 3.63) is 69.5 Å². The van der Waals surface area contributed by atoms with Crippen LogP contribution in [0.3, 0.4) is 0 Å². The van der Waals surface area contributed by atoms with Crippen LogP contribution < -0.4 is 5.32 Å². The molecule has 0 radical (unpaired) electrons. The van der Waals surface area contributed by atoms with E-state index in [0.29, 0.717) is 11.1 Å². The number of benzene rings is 1. The Labute approximate surface area is 126 Å². The number of amides is 1. The summed E-state index contributed by atoms with van der Waals surface area (Å²) in [6.07, 6.45) is 0.688. The van der Waals surface area contributed by atoms with Gasteiger partial charge in [0.05, 0.1) is 11.0 Å². The topological polar surface area (TPSA) is 105 Å². The minimum Gasteiger partial charge on any atom is -0.387 e. The van der Waals surface area contributed by atoms with Crippen LogP contribution in [0.1, 0.15) is 27.7 Å². The fraction of sp³-hybridized carbons (Fsp3) is 0.200. The lowest BCUT2D eigenvalue weighted by Gasteiger charge is -2.12. The van der Waals surface area contributed by atoms with Crippen molar-refractivity contribution in [1.82, 2.24) is 10.3 Å². The second-order valence-corrected chi connectivity index (χ2v) is 4.76. The van der Waals surface area contributed by atoms with Gasteiger partial charge in [-0.25, -0.2) is 0 Å². The average molecular weight is 301 g/mol. The molecule has 0 saturated carbocycles. The van der Waals surface area contributed by atoms with Gasteiger partial charge in [-0.2, -0.15) is 0 Å². The van der Waals surface area contributed by atoms with Gasteiger partial charge in [0.1, 0.15) is 0 Å². The summed E-state index contributed by atoms with van der Waals surface area (Å²) in [5, 5.41) is 23.1. The van der Waals surface area contributed by atoms with E-state index in [4.69, 9.17) is 0 Å². The largest absolute Gasteiger partial charge is 0.387 e. The Balaban J connectivity index is 1.94. The fourth-order valence-electron chi connectivity index (χ4n) is 1.82. The molecule has 1 amide bonds. The van der Waals surface area contributed by atoms with Gasteiger partial charge in [-0.3, -0.25) is 19.9 Å². The molecule has 22 heavy (non-hydrogen) atoms. The van der Waals surface area contributed by atoms with Gasteiger partial charge in [0.15, 0.2) is 0 Å². The first-order chi connectivity index (χ1) is 10.5. The molecule has 0 saturated heterocycles. The van der Waals surface area contributed by atoms with Crippen molar-refractivity contribution in [3.8, 4) is 0 Å². The molecule has 2 aromatic rings. The van der Waals surface area contributed by atoms with E-state index < -0.39 is 16.9 Å². The highest BCUT2D eigenvalue weighted by atomic mass is 16.6. The van der Waals surface area contributed by atoms with Gasteiger partial charge in [-0.15, -0.1) is 0 Å². The van der Waals surface area contributed by atoms with Crippen LogP contribution in [-0.4, -0.2) is 27.5 Å². The third kappa shape index (κ3) is 3.86. The van der Waals surface area contributed by atoms with Crippen molar-refractivity contribution in [2.75, 3.05) is 6.54 Å². The van der Waals surface area contributed by atoms with Crippen LogP contribution in [0.5, 0.6) is 0 Å². The highest BCUT2D eigenvalue weighted by molar-refractivity contribution is 5.94. The van der Waals surface area contributed by atoms with Crippen molar-refractivity contribution in [2.24, 2.45) is 0 Å². The molecule has 0 aliphatic heterocycles. The van der Waals surface area contributed by atoms with E-state index in [-0.39, 0.29) is 12.2 Å². The number of non-ortho nitro benzene ring substituents is 1. The molecule has 2 rings (SSSR count). The smallest absolute Gasteiger partial charge is 0.269 e. The minimum absolute atomic E-state index is 0.0283. The summed E-state index contributed by atoms with van der Waals surface area (Å²) in [7, 11) is 0. The Morgan fingerprint density at radius 1 is 1.32 bits per heavy atom. The number of aliphatic hydroxyl groups excluding tert-OH is 1. The number of aliphatic hydroxyl groups is 1. The number of nitro benzene ring substituents is 1. The Hall–Kier alpha value is -2.80. The molecule has 0 spiro atoms. The van der Waals surface area contributed by atoms with E-state index in [1.807, 2.05) is 6.92 Å². The average Bonchev–Trinajstić information content (AvgIpc) is 2.53. The number of carbonyl (C=O) groups excluding carboxylic acids is 1. The fourth-order valence-corrected chi connectivity index (χ4v) is 1.82. The number of carbonyl (C=O) groups is 1. The molecule has 1 aromatic heterocycles. The van der Waals surface area contributed by atoms with Crippen LogP contribution >= 0.6 is 0 Å². The molecular weight excluding hydrogens is 286 g/mol. The zero-order valence-corrected chi connectivity index (χ0v) is 11.9. The van der Waals surface area contributed by atoms with Gasteiger partial charge in [-0.1, -0.05) is 6.07 Å². The monoisotopic (exact) mass is 301 g/mol. The standard InChI is InChI=1S/C15H15N3O4/c1-10-2-3-12(8-16-10)14(19)9-17-15(20)11-4-6-13(7-5-11)18(21)22/h2-8,14,19H,9H2,1H3,(H,17,20)/t14-/m1/s1. The van der Waals surface area contributed by atoms with Gasteiger partial charge in [0.2, 0.25) is 0 Å². The lowest BCUT2D eigenvalue weighted by atomic mass is 10.1. The Morgan fingerprint density at radius 3 is 2.55 bits per heavy atom. The van der Waals surface area contributed by atoms with Gasteiger partial charge in [-0.05, 0) is 25.1 Å². The predicted octanol–water partition coefficient (Wildman–Crippen LogP) is 1.76. The predicted molar refractivity (Wildman–Crippen MR) is 79.4 cm³/mol. The molecule has 2 N–H and O–H groups in total. The molecule has 7 nitrogen and oxygen atoms in total. The van der Waals surface area contributed by atoms with E-state index in [0.717, 1.165) is 5.69 Å². The first kappa shape index (κ1) is 15.6. The quantitative estimate of drug-likeness (QED) is 0.646. The van der Waals surface area contributed by atoms with Crippen LogP contribution in [0.2, 0.25) is 0 Å². The molecule has 7 heteroatoms. The number of nitro groups is 1. The molecule has 1 atom stereocenters. The van der Waals surface area contributed by atoms with Crippen LogP contribution in [0.15, 0.2) is 42.6 Å². The van der Waals surface area contributed by atoms with E-state index in [1.165, 1.54) is 24.3 Å². The van der Waals surface area contributed by atoms with Gasteiger partial charge in [0.25, 0.3) is 11.6 Å². The van der Waals surface area contributed by atoms with Crippen molar-refractivity contribution >= 4 is 11.6 Å². The summed E-state index contributed by atoms with van der Waals surface area (Å²) in [6, 6.07) is 8.77. The summed E-state index contributed by atoms with van der Waals surface area (Å²) in [6.45, 7) is 1.87. The zero-order valence-electron chi connectivity index (χ0n) is 11.9. The van der Waals surface area contributed by atoms with E-state index in [1.54, 1.807) is 18.3 Å². The third-order valence-electron chi connectivity index (χ3n) is 3.12.